The maximum atomic E-state index is 11.9. The fourth-order valence-corrected chi connectivity index (χ4v) is 1.96. The number of hydrogen-bond donors (Lipinski definition) is 3. The molecule has 0 aliphatic carbocycles. The summed E-state index contributed by atoms with van der Waals surface area (Å²) in [5, 5.41) is 5.61. The van der Waals surface area contributed by atoms with Crippen molar-refractivity contribution in [2.24, 2.45) is 5.73 Å². The van der Waals surface area contributed by atoms with Gasteiger partial charge in [-0.15, -0.1) is 0 Å². The van der Waals surface area contributed by atoms with Gasteiger partial charge in [0.15, 0.2) is 0 Å². The summed E-state index contributed by atoms with van der Waals surface area (Å²) in [6, 6.07) is 7.60. The van der Waals surface area contributed by atoms with E-state index in [-0.39, 0.29) is 30.2 Å². The van der Waals surface area contributed by atoms with Crippen LogP contribution in [0.15, 0.2) is 24.3 Å². The van der Waals surface area contributed by atoms with E-state index < -0.39 is 0 Å². The Hall–Kier alpha value is -1.88. The molecule has 0 saturated heterocycles. The summed E-state index contributed by atoms with van der Waals surface area (Å²) >= 11 is 0. The number of benzene rings is 1. The number of carbonyl (C=O) groups is 2. The van der Waals surface area contributed by atoms with Gasteiger partial charge in [-0.1, -0.05) is 24.3 Å². The molecule has 0 bridgehead atoms. The zero-order chi connectivity index (χ0) is 15.9. The molecule has 0 unspecified atom stereocenters. The lowest BCUT2D eigenvalue weighted by atomic mass is 10.0. The molecule has 0 atom stereocenters. The molecule has 0 fully saturated rings. The van der Waals surface area contributed by atoms with Gasteiger partial charge in [-0.3, -0.25) is 9.59 Å². The Morgan fingerprint density at radius 3 is 2.29 bits per heavy atom. The fraction of sp³-hybridized carbons (Fsp3) is 0.500. The number of rotatable bonds is 6. The molecular weight excluding hydrogens is 266 g/mol. The van der Waals surface area contributed by atoms with E-state index in [1.165, 1.54) is 0 Å². The third kappa shape index (κ3) is 6.90. The topological polar surface area (TPSA) is 84.2 Å². The Kier molecular flexibility index (Phi) is 6.37. The minimum atomic E-state index is -0.249. The van der Waals surface area contributed by atoms with Crippen LogP contribution in [-0.2, 0) is 22.6 Å². The van der Waals surface area contributed by atoms with Gasteiger partial charge in [0, 0.05) is 25.0 Å². The second-order valence-corrected chi connectivity index (χ2v) is 6.05. The van der Waals surface area contributed by atoms with Gasteiger partial charge in [-0.25, -0.2) is 0 Å². The monoisotopic (exact) mass is 291 g/mol. The van der Waals surface area contributed by atoms with Gasteiger partial charge < -0.3 is 16.4 Å². The largest absolute Gasteiger partial charge is 0.355 e. The van der Waals surface area contributed by atoms with Crippen molar-refractivity contribution in [2.45, 2.75) is 45.7 Å². The zero-order valence-electron chi connectivity index (χ0n) is 13.0. The van der Waals surface area contributed by atoms with Gasteiger partial charge >= 0.3 is 0 Å². The number of hydrogen-bond acceptors (Lipinski definition) is 3. The number of carbonyl (C=O) groups excluding carboxylic acids is 2. The van der Waals surface area contributed by atoms with E-state index in [0.717, 1.165) is 11.1 Å². The third-order valence-electron chi connectivity index (χ3n) is 2.88. The zero-order valence-corrected chi connectivity index (χ0v) is 13.0. The highest BCUT2D eigenvalue weighted by molar-refractivity contribution is 5.80. The average Bonchev–Trinajstić information content (AvgIpc) is 2.37. The van der Waals surface area contributed by atoms with Crippen molar-refractivity contribution in [1.29, 1.82) is 0 Å². The second kappa shape index (κ2) is 7.78. The number of nitrogens with one attached hydrogen (secondary N) is 2. The van der Waals surface area contributed by atoms with Crippen molar-refractivity contribution in [3.8, 4) is 0 Å². The van der Waals surface area contributed by atoms with Gasteiger partial charge in [0.05, 0.1) is 6.42 Å². The molecule has 21 heavy (non-hydrogen) atoms. The Balaban J connectivity index is 2.36. The lowest BCUT2D eigenvalue weighted by molar-refractivity contribution is -0.123. The van der Waals surface area contributed by atoms with Crippen LogP contribution in [0.4, 0.5) is 0 Å². The summed E-state index contributed by atoms with van der Waals surface area (Å²) in [6.07, 6.45) is 0.565. The maximum absolute atomic E-state index is 11.9. The van der Waals surface area contributed by atoms with Crippen LogP contribution in [0.5, 0.6) is 0 Å². The molecule has 4 N–H and O–H groups in total. The van der Waals surface area contributed by atoms with E-state index in [0.29, 0.717) is 13.1 Å². The van der Waals surface area contributed by atoms with Gasteiger partial charge in [0.1, 0.15) is 0 Å². The Labute approximate surface area is 126 Å². The minimum Gasteiger partial charge on any atom is -0.355 e. The first-order valence-corrected chi connectivity index (χ1v) is 7.16. The molecule has 2 amide bonds. The maximum Gasteiger partial charge on any atom is 0.224 e. The van der Waals surface area contributed by atoms with Gasteiger partial charge in [0.2, 0.25) is 11.8 Å². The normalized spacial score (nSPS) is 11.0. The average molecular weight is 291 g/mol. The second-order valence-electron chi connectivity index (χ2n) is 6.05. The molecular formula is C16H25N3O2. The summed E-state index contributed by atoms with van der Waals surface area (Å²) in [5.41, 5.74) is 7.29. The quantitative estimate of drug-likeness (QED) is 0.734. The summed E-state index contributed by atoms with van der Waals surface area (Å²) in [5.74, 6) is -0.162. The van der Waals surface area contributed by atoms with Crippen LogP contribution in [0.1, 0.15) is 38.3 Å². The van der Waals surface area contributed by atoms with Crippen molar-refractivity contribution in [2.75, 3.05) is 6.54 Å². The van der Waals surface area contributed by atoms with Gasteiger partial charge in [-0.05, 0) is 31.9 Å². The predicted molar refractivity (Wildman–Crippen MR) is 83.6 cm³/mol. The molecule has 0 aliphatic heterocycles. The molecule has 1 rings (SSSR count). The molecule has 0 saturated carbocycles. The molecule has 0 radical (unpaired) electrons. The van der Waals surface area contributed by atoms with Gasteiger partial charge in [-0.2, -0.15) is 0 Å². The summed E-state index contributed by atoms with van der Waals surface area (Å²) < 4.78 is 0. The van der Waals surface area contributed by atoms with Crippen molar-refractivity contribution in [3.05, 3.63) is 35.4 Å². The van der Waals surface area contributed by atoms with E-state index >= 15 is 0 Å². The van der Waals surface area contributed by atoms with Crippen molar-refractivity contribution in [3.63, 3.8) is 0 Å². The molecule has 0 aromatic heterocycles. The van der Waals surface area contributed by atoms with Crippen LogP contribution in [0.3, 0.4) is 0 Å². The van der Waals surface area contributed by atoms with Crippen LogP contribution < -0.4 is 16.4 Å². The molecule has 1 aromatic rings. The van der Waals surface area contributed by atoms with E-state index in [1.807, 2.05) is 45.0 Å². The van der Waals surface area contributed by atoms with E-state index in [2.05, 4.69) is 10.6 Å². The van der Waals surface area contributed by atoms with E-state index in [9.17, 15) is 9.59 Å². The molecule has 0 heterocycles. The molecule has 0 spiro atoms. The Morgan fingerprint density at radius 2 is 1.71 bits per heavy atom. The van der Waals surface area contributed by atoms with Crippen molar-refractivity contribution >= 4 is 11.8 Å². The Morgan fingerprint density at radius 1 is 1.10 bits per heavy atom. The molecule has 116 valence electrons. The highest BCUT2D eigenvalue weighted by atomic mass is 16.2. The first-order valence-electron chi connectivity index (χ1n) is 7.16. The third-order valence-corrected chi connectivity index (χ3v) is 2.88. The first-order chi connectivity index (χ1) is 9.81. The first kappa shape index (κ1) is 17.2. The van der Waals surface area contributed by atoms with Crippen LogP contribution in [-0.4, -0.2) is 23.9 Å². The van der Waals surface area contributed by atoms with Crippen LogP contribution in [0.25, 0.3) is 0 Å². The molecule has 1 aromatic carbocycles. The van der Waals surface area contributed by atoms with Gasteiger partial charge in [0.25, 0.3) is 0 Å². The SMILES string of the molecule is CC(C)(C)NC(=O)CCNC(=O)Cc1ccccc1CN. The minimum absolute atomic E-state index is 0.0647. The predicted octanol–water partition coefficient (Wildman–Crippen LogP) is 1.11. The highest BCUT2D eigenvalue weighted by Gasteiger charge is 2.13. The Bertz CT molecular complexity index is 493. The molecule has 5 nitrogen and oxygen atoms in total. The fourth-order valence-electron chi connectivity index (χ4n) is 1.96. The highest BCUT2D eigenvalue weighted by Crippen LogP contribution is 2.08. The number of nitrogens with two attached hydrogens (primary N) is 1. The molecule has 0 aliphatic rings. The summed E-state index contributed by atoms with van der Waals surface area (Å²) in [4.78, 5) is 23.5. The van der Waals surface area contributed by atoms with Crippen molar-refractivity contribution < 1.29 is 9.59 Å². The summed E-state index contributed by atoms with van der Waals surface area (Å²) in [6.45, 7) is 6.52. The van der Waals surface area contributed by atoms with Crippen LogP contribution >= 0.6 is 0 Å². The van der Waals surface area contributed by atoms with Crippen LogP contribution in [0.2, 0.25) is 0 Å². The smallest absolute Gasteiger partial charge is 0.224 e. The number of amides is 2. The summed E-state index contributed by atoms with van der Waals surface area (Å²) in [7, 11) is 0. The van der Waals surface area contributed by atoms with E-state index in [4.69, 9.17) is 5.73 Å². The van der Waals surface area contributed by atoms with E-state index in [1.54, 1.807) is 0 Å². The van der Waals surface area contributed by atoms with Crippen molar-refractivity contribution in [1.82, 2.24) is 10.6 Å². The lowest BCUT2D eigenvalue weighted by Gasteiger charge is -2.20. The lowest BCUT2D eigenvalue weighted by Crippen LogP contribution is -2.42. The molecule has 5 heteroatoms. The standard InChI is InChI=1S/C16H25N3O2/c1-16(2,3)19-14(20)8-9-18-15(21)10-12-6-4-5-7-13(12)11-17/h4-7H,8-11,17H2,1-3H3,(H,18,21)(H,19,20). The van der Waals surface area contributed by atoms with Crippen LogP contribution in [0, 0.1) is 0 Å².